The number of piperazine rings is 1. The van der Waals surface area contributed by atoms with Crippen LogP contribution in [0.2, 0.25) is 0 Å². The summed E-state index contributed by atoms with van der Waals surface area (Å²) in [4.78, 5) is 25.6. The number of hydrogen-bond acceptors (Lipinski definition) is 5. The number of ether oxygens (including phenoxy) is 1. The fourth-order valence-electron chi connectivity index (χ4n) is 4.47. The van der Waals surface area contributed by atoms with Crippen LogP contribution in [0.5, 0.6) is 5.75 Å². The maximum Gasteiger partial charge on any atom is 0.239 e. The number of carbonyl (C=O) groups is 1. The first-order valence-corrected chi connectivity index (χ1v) is 11.3. The Hall–Kier alpha value is -2.48. The molecule has 0 bridgehead atoms. The Morgan fingerprint density at radius 2 is 2.00 bits per heavy atom. The number of likely N-dealkylation sites (N-methyl/N-ethyl adjacent to an activating group) is 1. The van der Waals surface area contributed by atoms with Crippen molar-refractivity contribution in [1.82, 2.24) is 20.0 Å². The van der Waals surface area contributed by atoms with Gasteiger partial charge in [-0.05, 0) is 37.9 Å². The quantitative estimate of drug-likeness (QED) is 0.400. The summed E-state index contributed by atoms with van der Waals surface area (Å²) in [5.41, 5.74) is 1.20. The average Bonchev–Trinajstić information content (AvgIpc) is 3.27. The van der Waals surface area contributed by atoms with Gasteiger partial charge in [0.15, 0.2) is 5.96 Å². The Bertz CT molecular complexity index is 745. The predicted octanol–water partition coefficient (Wildman–Crippen LogP) is 1.34. The lowest BCUT2D eigenvalue weighted by Gasteiger charge is -2.37. The van der Waals surface area contributed by atoms with Gasteiger partial charge in [0.25, 0.3) is 0 Å². The molecule has 1 amide bonds. The van der Waals surface area contributed by atoms with Crippen molar-refractivity contribution in [3.8, 4) is 5.75 Å². The van der Waals surface area contributed by atoms with Crippen LogP contribution in [0.4, 0.5) is 5.69 Å². The number of carbonyl (C=O) groups excluding carboxylic acids is 1. The molecule has 0 aromatic heterocycles. The van der Waals surface area contributed by atoms with Gasteiger partial charge in [-0.15, -0.1) is 0 Å². The summed E-state index contributed by atoms with van der Waals surface area (Å²) in [6.07, 6.45) is 3.08. The number of anilines is 1. The normalized spacial score (nSPS) is 20.1. The molecule has 1 aromatic carbocycles. The van der Waals surface area contributed by atoms with Gasteiger partial charge in [0.1, 0.15) is 5.75 Å². The number of nitrogens with one attached hydrogen (secondary N) is 1. The second kappa shape index (κ2) is 11.2. The van der Waals surface area contributed by atoms with Gasteiger partial charge in [-0.1, -0.05) is 6.07 Å². The summed E-state index contributed by atoms with van der Waals surface area (Å²) in [5.74, 6) is 2.09. The van der Waals surface area contributed by atoms with Crippen molar-refractivity contribution in [3.63, 3.8) is 0 Å². The van der Waals surface area contributed by atoms with Crippen LogP contribution < -0.4 is 15.0 Å². The third kappa shape index (κ3) is 6.03. The molecule has 2 heterocycles. The number of aliphatic imine (C=N–C) groups is 1. The first kappa shape index (κ1) is 23.2. The first-order valence-electron chi connectivity index (χ1n) is 11.3. The zero-order valence-corrected chi connectivity index (χ0v) is 19.5. The van der Waals surface area contributed by atoms with E-state index in [2.05, 4.69) is 37.1 Å². The van der Waals surface area contributed by atoms with Crippen molar-refractivity contribution in [2.75, 3.05) is 79.0 Å². The molecule has 8 heteroatoms. The molecule has 2 saturated heterocycles. The van der Waals surface area contributed by atoms with Gasteiger partial charge in [-0.2, -0.15) is 0 Å². The van der Waals surface area contributed by atoms with E-state index < -0.39 is 0 Å². The predicted molar refractivity (Wildman–Crippen MR) is 126 cm³/mol. The van der Waals surface area contributed by atoms with E-state index in [4.69, 9.17) is 4.74 Å². The Balaban J connectivity index is 1.41. The van der Waals surface area contributed by atoms with Gasteiger partial charge in [-0.3, -0.25) is 14.7 Å². The zero-order chi connectivity index (χ0) is 22.2. The molecule has 2 aliphatic heterocycles. The van der Waals surface area contributed by atoms with E-state index in [9.17, 15) is 4.79 Å². The second-order valence-corrected chi connectivity index (χ2v) is 8.43. The molecule has 31 heavy (non-hydrogen) atoms. The van der Waals surface area contributed by atoms with Crippen molar-refractivity contribution < 1.29 is 9.53 Å². The molecule has 172 valence electrons. The van der Waals surface area contributed by atoms with Crippen LogP contribution in [0.3, 0.4) is 0 Å². The topological polar surface area (TPSA) is 63.7 Å². The van der Waals surface area contributed by atoms with Gasteiger partial charge < -0.3 is 24.8 Å². The Labute approximate surface area is 186 Å². The zero-order valence-electron chi connectivity index (χ0n) is 19.5. The number of nitrogens with zero attached hydrogens (tertiary/aromatic N) is 5. The first-order chi connectivity index (χ1) is 15.0. The summed E-state index contributed by atoms with van der Waals surface area (Å²) in [6, 6.07) is 8.30. The lowest BCUT2D eigenvalue weighted by atomic mass is 10.2. The fourth-order valence-corrected chi connectivity index (χ4v) is 4.47. The van der Waals surface area contributed by atoms with Crippen molar-refractivity contribution in [3.05, 3.63) is 24.3 Å². The lowest BCUT2D eigenvalue weighted by Crippen LogP contribution is -2.52. The van der Waals surface area contributed by atoms with E-state index in [0.29, 0.717) is 0 Å². The molecule has 2 aliphatic rings. The number of hydrogen-bond donors (Lipinski definition) is 1. The maximum atomic E-state index is 12.3. The molecule has 0 radical (unpaired) electrons. The van der Waals surface area contributed by atoms with Crippen LogP contribution in [0, 0.1) is 0 Å². The van der Waals surface area contributed by atoms with Gasteiger partial charge >= 0.3 is 0 Å². The monoisotopic (exact) mass is 430 g/mol. The largest absolute Gasteiger partial charge is 0.497 e. The molecule has 0 saturated carbocycles. The summed E-state index contributed by atoms with van der Waals surface area (Å²) < 4.78 is 5.35. The summed E-state index contributed by atoms with van der Waals surface area (Å²) in [6.45, 7) is 6.60. The molecule has 1 atom stereocenters. The molecule has 0 aliphatic carbocycles. The molecule has 1 N–H and O–H groups in total. The number of benzene rings is 1. The fraction of sp³-hybridized carbons (Fsp3) is 0.652. The highest BCUT2D eigenvalue weighted by Gasteiger charge is 2.31. The van der Waals surface area contributed by atoms with Crippen LogP contribution in [-0.2, 0) is 4.79 Å². The highest BCUT2D eigenvalue weighted by molar-refractivity contribution is 5.81. The minimum absolute atomic E-state index is 0.0546. The molecule has 8 nitrogen and oxygen atoms in total. The van der Waals surface area contributed by atoms with Gasteiger partial charge in [0.05, 0.1) is 13.2 Å². The molecule has 2 fully saturated rings. The molecule has 3 rings (SSSR count). The van der Waals surface area contributed by atoms with Gasteiger partial charge in [0, 0.05) is 72.2 Å². The third-order valence-corrected chi connectivity index (χ3v) is 6.20. The summed E-state index contributed by atoms with van der Waals surface area (Å²) >= 11 is 0. The van der Waals surface area contributed by atoms with E-state index in [1.54, 1.807) is 12.0 Å². The highest BCUT2D eigenvalue weighted by atomic mass is 16.5. The second-order valence-electron chi connectivity index (χ2n) is 8.43. The summed E-state index contributed by atoms with van der Waals surface area (Å²) in [5, 5.41) is 3.52. The Morgan fingerprint density at radius 1 is 1.23 bits per heavy atom. The van der Waals surface area contributed by atoms with E-state index in [0.717, 1.165) is 76.8 Å². The van der Waals surface area contributed by atoms with E-state index >= 15 is 0 Å². The maximum absolute atomic E-state index is 12.3. The molecular weight excluding hydrogens is 392 g/mol. The number of methoxy groups -OCH3 is 1. The van der Waals surface area contributed by atoms with Crippen molar-refractivity contribution in [2.24, 2.45) is 4.99 Å². The van der Waals surface area contributed by atoms with Crippen molar-refractivity contribution in [1.29, 1.82) is 0 Å². The third-order valence-electron chi connectivity index (χ3n) is 6.20. The van der Waals surface area contributed by atoms with E-state index in [1.807, 2.05) is 33.3 Å². The van der Waals surface area contributed by atoms with E-state index in [1.165, 1.54) is 5.69 Å². The average molecular weight is 431 g/mol. The minimum atomic E-state index is 0.0546. The van der Waals surface area contributed by atoms with E-state index in [-0.39, 0.29) is 11.9 Å². The summed E-state index contributed by atoms with van der Waals surface area (Å²) in [7, 11) is 7.25. The van der Waals surface area contributed by atoms with Crippen LogP contribution in [0.1, 0.15) is 19.3 Å². The van der Waals surface area contributed by atoms with Crippen LogP contribution in [0.25, 0.3) is 0 Å². The molecule has 1 unspecified atom stereocenters. The SMILES string of the molecule is CN=C(NCCCN1CCCC1C(=O)N(C)C)N1CCN(c2cccc(OC)c2)CC1. The smallest absolute Gasteiger partial charge is 0.239 e. The van der Waals surface area contributed by atoms with Gasteiger partial charge in [0.2, 0.25) is 5.91 Å². The number of amides is 1. The number of likely N-dealkylation sites (tertiary alicyclic amines) is 1. The Morgan fingerprint density at radius 3 is 2.68 bits per heavy atom. The highest BCUT2D eigenvalue weighted by Crippen LogP contribution is 2.22. The number of rotatable bonds is 7. The number of guanidine groups is 1. The molecule has 0 spiro atoms. The van der Waals surface area contributed by atoms with Crippen LogP contribution in [0.15, 0.2) is 29.3 Å². The molecule has 1 aromatic rings. The van der Waals surface area contributed by atoms with Crippen LogP contribution >= 0.6 is 0 Å². The Kier molecular flexibility index (Phi) is 8.40. The lowest BCUT2D eigenvalue weighted by molar-refractivity contribution is -0.133. The van der Waals surface area contributed by atoms with Crippen molar-refractivity contribution in [2.45, 2.75) is 25.3 Å². The standard InChI is InChI=1S/C23H38N6O2/c1-24-23(25-11-7-13-28-12-6-10-21(28)22(30)26(2)3)29-16-14-27(15-17-29)19-8-5-9-20(18-19)31-4/h5,8-9,18,21H,6-7,10-17H2,1-4H3,(H,24,25). The van der Waals surface area contributed by atoms with Gasteiger partial charge in [-0.25, -0.2) is 0 Å². The molecular formula is C23H38N6O2. The van der Waals surface area contributed by atoms with Crippen LogP contribution in [-0.4, -0.2) is 107 Å². The minimum Gasteiger partial charge on any atom is -0.497 e. The van der Waals surface area contributed by atoms with Crippen molar-refractivity contribution >= 4 is 17.6 Å².